The van der Waals surface area contributed by atoms with Crippen LogP contribution in [0.15, 0.2) is 24.3 Å². The van der Waals surface area contributed by atoms with Crippen molar-refractivity contribution in [3.05, 3.63) is 35.6 Å². The largest absolute Gasteiger partial charge is 0.465 e. The average Bonchev–Trinajstić information content (AvgIpc) is 2.31. The molecule has 0 radical (unpaired) electrons. The zero-order chi connectivity index (χ0) is 14.5. The third-order valence-corrected chi connectivity index (χ3v) is 3.69. The minimum atomic E-state index is -3.68. The zero-order valence-corrected chi connectivity index (χ0v) is 11.5. The number of nitrogens with one attached hydrogen (secondary N) is 1. The van der Waals surface area contributed by atoms with Crippen molar-refractivity contribution in [2.24, 2.45) is 0 Å². The van der Waals surface area contributed by atoms with Gasteiger partial charge in [0, 0.05) is 0 Å². The minimum Gasteiger partial charge on any atom is -0.465 e. The summed E-state index contributed by atoms with van der Waals surface area (Å²) < 4.78 is 43.2. The maximum absolute atomic E-state index is 12.7. The quantitative estimate of drug-likeness (QED) is 0.799. The predicted molar refractivity (Wildman–Crippen MR) is 68.3 cm³/mol. The molecule has 1 atom stereocenters. The fourth-order valence-electron chi connectivity index (χ4n) is 1.43. The second-order valence-electron chi connectivity index (χ2n) is 3.98. The number of carbonyl (C=O) groups excluding carboxylic acids is 1. The van der Waals surface area contributed by atoms with Crippen molar-refractivity contribution < 1.29 is 22.3 Å². The fraction of sp³-hybridized carbons (Fsp3) is 0.417. The van der Waals surface area contributed by atoms with Crippen LogP contribution in [-0.2, 0) is 25.3 Å². The summed E-state index contributed by atoms with van der Waals surface area (Å²) in [5, 5.41) is 0. The van der Waals surface area contributed by atoms with Gasteiger partial charge in [0.05, 0.1) is 12.4 Å². The van der Waals surface area contributed by atoms with Crippen LogP contribution in [0.25, 0.3) is 0 Å². The zero-order valence-electron chi connectivity index (χ0n) is 10.7. The van der Waals surface area contributed by atoms with Gasteiger partial charge in [-0.3, -0.25) is 4.79 Å². The van der Waals surface area contributed by atoms with Crippen LogP contribution in [0.4, 0.5) is 4.39 Å². The molecule has 1 N–H and O–H groups in total. The Hall–Kier alpha value is -1.47. The molecule has 0 amide bonds. The highest BCUT2D eigenvalue weighted by Gasteiger charge is 2.21. The molecule has 0 saturated carbocycles. The van der Waals surface area contributed by atoms with E-state index in [-0.39, 0.29) is 12.4 Å². The van der Waals surface area contributed by atoms with Crippen LogP contribution in [-0.4, -0.2) is 27.0 Å². The topological polar surface area (TPSA) is 72.5 Å². The van der Waals surface area contributed by atoms with Gasteiger partial charge >= 0.3 is 5.97 Å². The molecule has 1 aromatic carbocycles. The Bertz CT molecular complexity index is 527. The molecular weight excluding hydrogens is 273 g/mol. The lowest BCUT2D eigenvalue weighted by Gasteiger charge is -2.13. The SMILES string of the molecule is CCOC(=O)C(C)NS(=O)(=O)Cc1ccc(F)cc1. The Balaban J connectivity index is 2.66. The van der Waals surface area contributed by atoms with Crippen LogP contribution in [0, 0.1) is 5.82 Å². The number of ether oxygens (including phenoxy) is 1. The van der Waals surface area contributed by atoms with E-state index in [1.54, 1.807) is 6.92 Å². The van der Waals surface area contributed by atoms with E-state index in [2.05, 4.69) is 4.72 Å². The molecule has 0 aliphatic carbocycles. The van der Waals surface area contributed by atoms with Crippen LogP contribution >= 0.6 is 0 Å². The van der Waals surface area contributed by atoms with E-state index in [1.807, 2.05) is 0 Å². The fourth-order valence-corrected chi connectivity index (χ4v) is 2.78. The summed E-state index contributed by atoms with van der Waals surface area (Å²) in [6.07, 6.45) is 0. The number of esters is 1. The van der Waals surface area contributed by atoms with Crippen molar-refractivity contribution in [1.29, 1.82) is 0 Å². The maximum Gasteiger partial charge on any atom is 0.323 e. The summed E-state index contributed by atoms with van der Waals surface area (Å²) in [7, 11) is -3.68. The third-order valence-electron chi connectivity index (χ3n) is 2.27. The Morgan fingerprint density at radius 1 is 1.37 bits per heavy atom. The van der Waals surface area contributed by atoms with E-state index in [0.29, 0.717) is 5.56 Å². The van der Waals surface area contributed by atoms with Gasteiger partial charge in [0.1, 0.15) is 11.9 Å². The number of benzene rings is 1. The van der Waals surface area contributed by atoms with Gasteiger partial charge in [0.2, 0.25) is 10.0 Å². The van der Waals surface area contributed by atoms with Crippen LogP contribution in [0.3, 0.4) is 0 Å². The lowest BCUT2D eigenvalue weighted by atomic mass is 10.2. The van der Waals surface area contributed by atoms with Gasteiger partial charge in [-0.2, -0.15) is 0 Å². The highest BCUT2D eigenvalue weighted by molar-refractivity contribution is 7.88. The van der Waals surface area contributed by atoms with Gasteiger partial charge in [-0.05, 0) is 31.5 Å². The van der Waals surface area contributed by atoms with Crippen LogP contribution in [0.1, 0.15) is 19.4 Å². The number of hydrogen-bond acceptors (Lipinski definition) is 4. The number of sulfonamides is 1. The minimum absolute atomic E-state index is 0.183. The average molecular weight is 289 g/mol. The molecule has 0 aliphatic heterocycles. The molecule has 0 aromatic heterocycles. The van der Waals surface area contributed by atoms with E-state index >= 15 is 0 Å². The molecule has 0 aliphatic rings. The van der Waals surface area contributed by atoms with Crippen LogP contribution in [0.5, 0.6) is 0 Å². The van der Waals surface area contributed by atoms with E-state index in [1.165, 1.54) is 31.2 Å². The van der Waals surface area contributed by atoms with Crippen molar-refractivity contribution in [2.75, 3.05) is 6.61 Å². The van der Waals surface area contributed by atoms with Crippen molar-refractivity contribution in [2.45, 2.75) is 25.6 Å². The summed E-state index contributed by atoms with van der Waals surface area (Å²) in [6.45, 7) is 3.22. The predicted octanol–water partition coefficient (Wildman–Crippen LogP) is 1.20. The summed E-state index contributed by atoms with van der Waals surface area (Å²) in [6, 6.07) is 4.16. The number of hydrogen-bond donors (Lipinski definition) is 1. The van der Waals surface area contributed by atoms with Crippen LogP contribution in [0.2, 0.25) is 0 Å². The van der Waals surface area contributed by atoms with Gasteiger partial charge in [0.15, 0.2) is 0 Å². The molecule has 0 heterocycles. The van der Waals surface area contributed by atoms with E-state index in [4.69, 9.17) is 4.74 Å². The number of rotatable bonds is 6. The molecule has 1 unspecified atom stereocenters. The molecule has 1 rings (SSSR count). The summed E-state index contributed by atoms with van der Waals surface area (Å²) >= 11 is 0. The highest BCUT2D eigenvalue weighted by atomic mass is 32.2. The monoisotopic (exact) mass is 289 g/mol. The first-order valence-corrected chi connectivity index (χ1v) is 7.40. The van der Waals surface area contributed by atoms with Gasteiger partial charge in [-0.25, -0.2) is 17.5 Å². The molecule has 0 saturated heterocycles. The van der Waals surface area contributed by atoms with Crippen molar-refractivity contribution >= 4 is 16.0 Å². The van der Waals surface area contributed by atoms with Crippen molar-refractivity contribution in [3.8, 4) is 0 Å². The molecule has 19 heavy (non-hydrogen) atoms. The summed E-state index contributed by atoms with van der Waals surface area (Å²) in [4.78, 5) is 11.3. The van der Waals surface area contributed by atoms with Crippen LogP contribution < -0.4 is 4.72 Å². The summed E-state index contributed by atoms with van der Waals surface area (Å²) in [5.41, 5.74) is 0.435. The molecule has 1 aromatic rings. The Kier molecular flexibility index (Phi) is 5.44. The van der Waals surface area contributed by atoms with E-state index in [9.17, 15) is 17.6 Å². The van der Waals surface area contributed by atoms with Crippen molar-refractivity contribution in [1.82, 2.24) is 4.72 Å². The van der Waals surface area contributed by atoms with Gasteiger partial charge in [0.25, 0.3) is 0 Å². The molecule has 5 nitrogen and oxygen atoms in total. The highest BCUT2D eigenvalue weighted by Crippen LogP contribution is 2.07. The normalized spacial score (nSPS) is 13.0. The Morgan fingerprint density at radius 3 is 2.47 bits per heavy atom. The van der Waals surface area contributed by atoms with E-state index in [0.717, 1.165) is 0 Å². The molecule has 106 valence electrons. The first-order chi connectivity index (χ1) is 8.84. The molecule has 0 fully saturated rings. The summed E-state index contributed by atoms with van der Waals surface area (Å²) in [5.74, 6) is -1.39. The maximum atomic E-state index is 12.7. The van der Waals surface area contributed by atoms with E-state index < -0.39 is 27.9 Å². The van der Waals surface area contributed by atoms with Gasteiger partial charge < -0.3 is 4.74 Å². The molecule has 7 heteroatoms. The first kappa shape index (κ1) is 15.6. The van der Waals surface area contributed by atoms with Gasteiger partial charge in [-0.1, -0.05) is 12.1 Å². The smallest absolute Gasteiger partial charge is 0.323 e. The molecule has 0 bridgehead atoms. The lowest BCUT2D eigenvalue weighted by molar-refractivity contribution is -0.144. The third kappa shape index (κ3) is 5.35. The van der Waals surface area contributed by atoms with Gasteiger partial charge in [-0.15, -0.1) is 0 Å². The lowest BCUT2D eigenvalue weighted by Crippen LogP contribution is -2.40. The molecule has 0 spiro atoms. The number of carbonyl (C=O) groups is 1. The second-order valence-corrected chi connectivity index (χ2v) is 5.73. The Morgan fingerprint density at radius 2 is 1.95 bits per heavy atom. The second kappa shape index (κ2) is 6.63. The Labute approximate surface area is 111 Å². The first-order valence-electron chi connectivity index (χ1n) is 5.75. The van der Waals surface area contributed by atoms with Crippen molar-refractivity contribution in [3.63, 3.8) is 0 Å². The number of halogens is 1. The molecular formula is C12H16FNO4S. The standard InChI is InChI=1S/C12H16FNO4S/c1-3-18-12(15)9(2)14-19(16,17)8-10-4-6-11(13)7-5-10/h4-7,9,14H,3,8H2,1-2H3.